The molecular weight excluding hydrogens is 270 g/mol. The lowest BCUT2D eigenvalue weighted by molar-refractivity contribution is -0.141. The highest BCUT2D eigenvalue weighted by Gasteiger charge is 2.13. The van der Waals surface area contributed by atoms with E-state index in [0.717, 1.165) is 17.7 Å². The number of allylic oxidation sites excluding steroid dienone is 1. The maximum Gasteiger partial charge on any atom is 0.325 e. The van der Waals surface area contributed by atoms with Crippen LogP contribution < -0.4 is 10.1 Å². The maximum atomic E-state index is 11.5. The second-order valence-electron chi connectivity index (χ2n) is 4.68. The molecule has 0 aliphatic heterocycles. The lowest BCUT2D eigenvalue weighted by Crippen LogP contribution is -2.38. The Bertz CT molecular complexity index is 499. The molecule has 5 nitrogen and oxygen atoms in total. The van der Waals surface area contributed by atoms with Gasteiger partial charge in [-0.2, -0.15) is 0 Å². The van der Waals surface area contributed by atoms with Gasteiger partial charge in [0.25, 0.3) is 0 Å². The first-order chi connectivity index (χ1) is 10.0. The molecule has 21 heavy (non-hydrogen) atoms. The second-order valence-corrected chi connectivity index (χ2v) is 4.68. The van der Waals surface area contributed by atoms with Crippen LogP contribution in [0.25, 0.3) is 0 Å². The number of carboxylic acids is 1. The van der Waals surface area contributed by atoms with Crippen molar-refractivity contribution in [2.75, 3.05) is 6.61 Å². The summed E-state index contributed by atoms with van der Waals surface area (Å²) in [6.45, 7) is 5.54. The molecule has 1 unspecified atom stereocenters. The van der Waals surface area contributed by atoms with Crippen LogP contribution in [0.3, 0.4) is 0 Å². The molecule has 0 aromatic heterocycles. The Kier molecular flexibility index (Phi) is 7.01. The second kappa shape index (κ2) is 8.79. The van der Waals surface area contributed by atoms with Crippen molar-refractivity contribution in [2.24, 2.45) is 0 Å². The zero-order valence-electron chi connectivity index (χ0n) is 12.2. The van der Waals surface area contributed by atoms with Crippen LogP contribution in [0.2, 0.25) is 0 Å². The predicted molar refractivity (Wildman–Crippen MR) is 80.3 cm³/mol. The minimum Gasteiger partial charge on any atom is -0.493 e. The van der Waals surface area contributed by atoms with E-state index in [0.29, 0.717) is 13.0 Å². The summed E-state index contributed by atoms with van der Waals surface area (Å²) in [6.07, 6.45) is 3.30. The van der Waals surface area contributed by atoms with Crippen LogP contribution in [0.1, 0.15) is 25.3 Å². The largest absolute Gasteiger partial charge is 0.493 e. The summed E-state index contributed by atoms with van der Waals surface area (Å²) in [4.78, 5) is 22.1. The summed E-state index contributed by atoms with van der Waals surface area (Å²) in [5.41, 5.74) is 1.05. The van der Waals surface area contributed by atoms with E-state index in [1.165, 1.54) is 6.92 Å². The first-order valence-corrected chi connectivity index (χ1v) is 6.88. The zero-order chi connectivity index (χ0) is 15.7. The molecule has 1 aromatic carbocycles. The fourth-order valence-corrected chi connectivity index (χ4v) is 1.76. The Morgan fingerprint density at radius 1 is 1.43 bits per heavy atom. The van der Waals surface area contributed by atoms with Crippen LogP contribution in [-0.2, 0) is 16.0 Å². The van der Waals surface area contributed by atoms with Crippen LogP contribution >= 0.6 is 0 Å². The van der Waals surface area contributed by atoms with Crippen molar-refractivity contribution in [1.82, 2.24) is 5.32 Å². The van der Waals surface area contributed by atoms with Gasteiger partial charge in [-0.1, -0.05) is 24.3 Å². The Balaban J connectivity index is 2.33. The van der Waals surface area contributed by atoms with Gasteiger partial charge in [0, 0.05) is 6.42 Å². The van der Waals surface area contributed by atoms with Crippen LogP contribution in [0.15, 0.2) is 36.9 Å². The van der Waals surface area contributed by atoms with Crippen molar-refractivity contribution in [1.29, 1.82) is 0 Å². The van der Waals surface area contributed by atoms with E-state index in [2.05, 4.69) is 11.9 Å². The van der Waals surface area contributed by atoms with Gasteiger partial charge in [0.15, 0.2) is 0 Å². The van der Waals surface area contributed by atoms with Crippen molar-refractivity contribution >= 4 is 11.9 Å². The number of carbonyl (C=O) groups excluding carboxylic acids is 1. The molecule has 5 heteroatoms. The first kappa shape index (κ1) is 16.8. The summed E-state index contributed by atoms with van der Waals surface area (Å²) in [6, 6.07) is 6.81. The molecule has 0 saturated carbocycles. The number of hydrogen-bond acceptors (Lipinski definition) is 3. The Labute approximate surface area is 124 Å². The number of nitrogens with one attached hydrogen (secondary N) is 1. The smallest absolute Gasteiger partial charge is 0.325 e. The third kappa shape index (κ3) is 6.12. The molecule has 0 bridgehead atoms. The summed E-state index contributed by atoms with van der Waals surface area (Å²) in [7, 11) is 0. The minimum atomic E-state index is -1.04. The summed E-state index contributed by atoms with van der Waals surface area (Å²) in [5, 5.41) is 11.1. The van der Waals surface area contributed by atoms with Crippen molar-refractivity contribution in [3.63, 3.8) is 0 Å². The van der Waals surface area contributed by atoms with E-state index in [1.54, 1.807) is 0 Å². The van der Waals surface area contributed by atoms with Crippen molar-refractivity contribution in [2.45, 2.75) is 32.2 Å². The van der Waals surface area contributed by atoms with Crippen molar-refractivity contribution < 1.29 is 19.4 Å². The molecule has 0 fully saturated rings. The molecule has 1 amide bonds. The monoisotopic (exact) mass is 291 g/mol. The molecule has 1 aromatic rings. The molecular formula is C16H21NO4. The predicted octanol–water partition coefficient (Wildman–Crippen LogP) is 2.16. The topological polar surface area (TPSA) is 75.6 Å². The maximum absolute atomic E-state index is 11.5. The summed E-state index contributed by atoms with van der Waals surface area (Å²) >= 11 is 0. The minimum absolute atomic E-state index is 0.237. The highest BCUT2D eigenvalue weighted by molar-refractivity contribution is 5.83. The zero-order valence-corrected chi connectivity index (χ0v) is 12.2. The summed E-state index contributed by atoms with van der Waals surface area (Å²) in [5.74, 6) is -0.539. The Morgan fingerprint density at radius 2 is 2.14 bits per heavy atom. The number of hydrogen-bond donors (Lipinski definition) is 2. The molecule has 0 aliphatic carbocycles. The van der Waals surface area contributed by atoms with Gasteiger partial charge in [0.05, 0.1) is 6.61 Å². The van der Waals surface area contributed by atoms with E-state index in [1.807, 2.05) is 30.3 Å². The van der Waals surface area contributed by atoms with Gasteiger partial charge in [-0.05, 0) is 31.4 Å². The van der Waals surface area contributed by atoms with Crippen molar-refractivity contribution in [3.8, 4) is 5.75 Å². The van der Waals surface area contributed by atoms with Gasteiger partial charge in [-0.3, -0.25) is 9.59 Å². The number of carbonyl (C=O) groups is 2. The molecule has 1 rings (SSSR count). The third-order valence-corrected chi connectivity index (χ3v) is 2.89. The van der Waals surface area contributed by atoms with E-state index >= 15 is 0 Å². The van der Waals surface area contributed by atoms with Gasteiger partial charge >= 0.3 is 5.97 Å². The molecule has 2 N–H and O–H groups in total. The number of aliphatic carboxylic acids is 1. The quantitative estimate of drug-likeness (QED) is 0.540. The lowest BCUT2D eigenvalue weighted by atomic mass is 10.1. The Morgan fingerprint density at radius 3 is 2.81 bits per heavy atom. The molecule has 1 atom stereocenters. The summed E-state index contributed by atoms with van der Waals surface area (Å²) < 4.78 is 5.65. The van der Waals surface area contributed by atoms with E-state index in [4.69, 9.17) is 9.84 Å². The molecule has 0 heterocycles. The van der Waals surface area contributed by atoms with E-state index in [-0.39, 0.29) is 12.3 Å². The normalized spacial score (nSPS) is 11.5. The number of carboxylic acid groups (broad SMARTS) is 1. The number of rotatable bonds is 9. The van der Waals surface area contributed by atoms with Crippen molar-refractivity contribution in [3.05, 3.63) is 42.5 Å². The average molecular weight is 291 g/mol. The van der Waals surface area contributed by atoms with Crippen LogP contribution in [0.5, 0.6) is 5.75 Å². The fraction of sp³-hybridized carbons (Fsp3) is 0.375. The molecule has 0 aliphatic rings. The molecule has 114 valence electrons. The fourth-order valence-electron chi connectivity index (χ4n) is 1.76. The number of amides is 1. The van der Waals surface area contributed by atoms with Gasteiger partial charge in [0.2, 0.25) is 5.91 Å². The molecule has 0 saturated heterocycles. The number of benzene rings is 1. The standard InChI is InChI=1S/C16H21NO4/c1-3-7-13-8-4-5-9-14(13)21-11-6-10-15(18)17-12(2)16(19)20/h3-5,8-9,12H,1,6-7,10-11H2,2H3,(H,17,18)(H,19,20). The molecule has 0 radical (unpaired) electrons. The van der Waals surface area contributed by atoms with Crippen LogP contribution in [0.4, 0.5) is 0 Å². The van der Waals surface area contributed by atoms with E-state index < -0.39 is 12.0 Å². The number of ether oxygens (including phenoxy) is 1. The van der Waals surface area contributed by atoms with Gasteiger partial charge < -0.3 is 15.2 Å². The first-order valence-electron chi connectivity index (χ1n) is 6.88. The van der Waals surface area contributed by atoms with Crippen LogP contribution in [-0.4, -0.2) is 29.6 Å². The molecule has 0 spiro atoms. The number of para-hydroxylation sites is 1. The van der Waals surface area contributed by atoms with Gasteiger partial charge in [0.1, 0.15) is 11.8 Å². The SMILES string of the molecule is C=CCc1ccccc1OCCCC(=O)NC(C)C(=O)O. The lowest BCUT2D eigenvalue weighted by Gasteiger charge is -2.11. The van der Waals surface area contributed by atoms with Gasteiger partial charge in [-0.25, -0.2) is 0 Å². The Hall–Kier alpha value is -2.30. The van der Waals surface area contributed by atoms with E-state index in [9.17, 15) is 9.59 Å². The average Bonchev–Trinajstić information content (AvgIpc) is 2.45. The van der Waals surface area contributed by atoms with Gasteiger partial charge in [-0.15, -0.1) is 6.58 Å². The third-order valence-electron chi connectivity index (χ3n) is 2.89. The van der Waals surface area contributed by atoms with Crippen LogP contribution in [0, 0.1) is 0 Å². The highest BCUT2D eigenvalue weighted by Crippen LogP contribution is 2.18. The highest BCUT2D eigenvalue weighted by atomic mass is 16.5.